The maximum atomic E-state index is 9.70. The van der Waals surface area contributed by atoms with Crippen LogP contribution in [-0.4, -0.2) is 22.9 Å². The lowest BCUT2D eigenvalue weighted by molar-refractivity contribution is 0.103. The van der Waals surface area contributed by atoms with Crippen LogP contribution in [0.1, 0.15) is 43.5 Å². The lowest BCUT2D eigenvalue weighted by Gasteiger charge is -2.46. The topological polar surface area (TPSA) is 35.8 Å². The zero-order valence-corrected chi connectivity index (χ0v) is 14.6. The van der Waals surface area contributed by atoms with Crippen LogP contribution in [0.3, 0.4) is 0 Å². The summed E-state index contributed by atoms with van der Waals surface area (Å²) in [5.74, 6) is 0.614. The molecule has 0 bridgehead atoms. The van der Waals surface area contributed by atoms with E-state index >= 15 is 0 Å². The van der Waals surface area contributed by atoms with Crippen molar-refractivity contribution in [2.45, 2.75) is 32.4 Å². The highest BCUT2D eigenvalue weighted by molar-refractivity contribution is 5.89. The van der Waals surface area contributed by atoms with Crippen molar-refractivity contribution in [1.82, 2.24) is 4.90 Å². The summed E-state index contributed by atoms with van der Waals surface area (Å²) >= 11 is 0. The number of piperidine rings is 1. The van der Waals surface area contributed by atoms with Crippen molar-refractivity contribution in [2.75, 3.05) is 7.05 Å². The molecule has 1 heterocycles. The van der Waals surface area contributed by atoms with Gasteiger partial charge in [-0.15, -0.1) is 0 Å². The first-order valence-corrected chi connectivity index (χ1v) is 8.66. The van der Waals surface area contributed by atoms with Crippen molar-refractivity contribution in [3.63, 3.8) is 0 Å². The number of rotatable bonds is 3. The van der Waals surface area contributed by atoms with Crippen LogP contribution < -0.4 is 0 Å². The minimum Gasteiger partial charge on any atom is -0.411 e. The molecular formula is C21H26N2O. The van der Waals surface area contributed by atoms with E-state index < -0.39 is 0 Å². The van der Waals surface area contributed by atoms with Crippen molar-refractivity contribution < 1.29 is 5.21 Å². The van der Waals surface area contributed by atoms with E-state index in [0.29, 0.717) is 5.92 Å². The number of hydrogen-bond acceptors (Lipinski definition) is 3. The molecule has 2 aromatic carbocycles. The van der Waals surface area contributed by atoms with Crippen LogP contribution in [-0.2, 0) is 0 Å². The molecule has 0 aliphatic carbocycles. The molecule has 1 saturated heterocycles. The van der Waals surface area contributed by atoms with Crippen molar-refractivity contribution in [2.24, 2.45) is 17.0 Å². The van der Waals surface area contributed by atoms with Crippen LogP contribution in [0.4, 0.5) is 0 Å². The summed E-state index contributed by atoms with van der Waals surface area (Å²) in [6, 6.07) is 21.5. The second-order valence-corrected chi connectivity index (χ2v) is 7.01. The Balaban J connectivity index is 2.06. The zero-order chi connectivity index (χ0) is 17.1. The molecule has 0 spiro atoms. The van der Waals surface area contributed by atoms with Gasteiger partial charge in [-0.2, -0.15) is 0 Å². The van der Waals surface area contributed by atoms with Gasteiger partial charge in [0.05, 0.1) is 5.71 Å². The quantitative estimate of drug-likeness (QED) is 0.644. The largest absolute Gasteiger partial charge is 0.411 e. The van der Waals surface area contributed by atoms with E-state index in [4.69, 9.17) is 0 Å². The third kappa shape index (κ3) is 3.09. The van der Waals surface area contributed by atoms with Crippen LogP contribution in [0.25, 0.3) is 0 Å². The van der Waals surface area contributed by atoms with Gasteiger partial charge in [0, 0.05) is 24.4 Å². The number of hydrogen-bond donors (Lipinski definition) is 1. The molecule has 3 atom stereocenters. The van der Waals surface area contributed by atoms with Gasteiger partial charge in [-0.1, -0.05) is 79.7 Å². The Morgan fingerprint density at radius 2 is 1.50 bits per heavy atom. The van der Waals surface area contributed by atoms with E-state index in [1.807, 2.05) is 12.1 Å². The Kier molecular flexibility index (Phi) is 5.00. The lowest BCUT2D eigenvalue weighted by atomic mass is 9.74. The van der Waals surface area contributed by atoms with Gasteiger partial charge in [0.2, 0.25) is 0 Å². The van der Waals surface area contributed by atoms with E-state index in [1.54, 1.807) is 0 Å². The fraction of sp³-hybridized carbons (Fsp3) is 0.381. The second kappa shape index (κ2) is 7.18. The molecule has 24 heavy (non-hydrogen) atoms. The zero-order valence-electron chi connectivity index (χ0n) is 14.6. The maximum Gasteiger partial charge on any atom is 0.0642 e. The molecule has 0 saturated carbocycles. The van der Waals surface area contributed by atoms with E-state index in [1.165, 1.54) is 11.1 Å². The first-order valence-electron chi connectivity index (χ1n) is 8.66. The molecule has 3 heteroatoms. The molecule has 126 valence electrons. The standard InChI is InChI=1S/C21H26N2O/c1-15(2)20-18(22-24)14-19(16-10-6-4-7-11-16)23(3)21(20)17-12-8-5-9-13-17/h4-13,15,19-21,24H,14H2,1-3H3/b22-18+. The Morgan fingerprint density at radius 1 is 0.958 bits per heavy atom. The normalized spacial score (nSPS) is 26.8. The molecule has 3 nitrogen and oxygen atoms in total. The van der Waals surface area contributed by atoms with E-state index in [9.17, 15) is 5.21 Å². The first-order chi connectivity index (χ1) is 11.6. The van der Waals surface area contributed by atoms with E-state index in [-0.39, 0.29) is 18.0 Å². The number of oxime groups is 1. The van der Waals surface area contributed by atoms with Gasteiger partial charge in [0.15, 0.2) is 0 Å². The van der Waals surface area contributed by atoms with Crippen molar-refractivity contribution >= 4 is 5.71 Å². The number of benzene rings is 2. The van der Waals surface area contributed by atoms with Gasteiger partial charge in [0.25, 0.3) is 0 Å². The lowest BCUT2D eigenvalue weighted by Crippen LogP contribution is -2.45. The second-order valence-electron chi connectivity index (χ2n) is 7.01. The molecule has 3 rings (SSSR count). The molecular weight excluding hydrogens is 296 g/mol. The molecule has 1 aliphatic rings. The molecule has 0 radical (unpaired) electrons. The average Bonchev–Trinajstić information content (AvgIpc) is 2.62. The minimum absolute atomic E-state index is 0.205. The van der Waals surface area contributed by atoms with Crippen LogP contribution >= 0.6 is 0 Å². The molecule has 2 aromatic rings. The highest BCUT2D eigenvalue weighted by atomic mass is 16.4. The third-order valence-electron chi connectivity index (χ3n) is 5.23. The van der Waals surface area contributed by atoms with E-state index in [0.717, 1.165) is 12.1 Å². The summed E-state index contributed by atoms with van der Waals surface area (Å²) in [4.78, 5) is 2.45. The SMILES string of the molecule is CC(C)C1/C(=N/O)CC(c2ccccc2)N(C)C1c1ccccc1. The van der Waals surface area contributed by atoms with Gasteiger partial charge in [-0.25, -0.2) is 0 Å². The Labute approximate surface area is 144 Å². The van der Waals surface area contributed by atoms with Gasteiger partial charge in [-0.3, -0.25) is 4.90 Å². The fourth-order valence-electron chi connectivity index (χ4n) is 4.09. The highest BCUT2D eigenvalue weighted by Crippen LogP contribution is 2.45. The summed E-state index contributed by atoms with van der Waals surface area (Å²) in [5, 5.41) is 13.4. The van der Waals surface area contributed by atoms with Crippen molar-refractivity contribution in [1.29, 1.82) is 0 Å². The molecule has 0 amide bonds. The van der Waals surface area contributed by atoms with Gasteiger partial charge in [0.1, 0.15) is 0 Å². The Bertz CT molecular complexity index is 681. The van der Waals surface area contributed by atoms with Crippen LogP contribution in [0.15, 0.2) is 65.8 Å². The predicted molar refractivity (Wildman–Crippen MR) is 98.3 cm³/mol. The van der Waals surface area contributed by atoms with Gasteiger partial charge < -0.3 is 5.21 Å². The van der Waals surface area contributed by atoms with Crippen molar-refractivity contribution in [3.8, 4) is 0 Å². The smallest absolute Gasteiger partial charge is 0.0642 e. The first kappa shape index (κ1) is 16.7. The summed E-state index contributed by atoms with van der Waals surface area (Å²) < 4.78 is 0. The van der Waals surface area contributed by atoms with Gasteiger partial charge >= 0.3 is 0 Å². The Morgan fingerprint density at radius 3 is 2.00 bits per heavy atom. The highest BCUT2D eigenvalue weighted by Gasteiger charge is 2.42. The number of likely N-dealkylation sites (tertiary alicyclic amines) is 1. The molecule has 3 unspecified atom stereocenters. The maximum absolute atomic E-state index is 9.70. The van der Waals surface area contributed by atoms with Crippen LogP contribution in [0.5, 0.6) is 0 Å². The molecule has 1 aliphatic heterocycles. The molecule has 1 N–H and O–H groups in total. The Hall–Kier alpha value is -2.13. The van der Waals surface area contributed by atoms with E-state index in [2.05, 4.69) is 79.5 Å². The minimum atomic E-state index is 0.205. The van der Waals surface area contributed by atoms with Crippen molar-refractivity contribution in [3.05, 3.63) is 71.8 Å². The summed E-state index contributed by atoms with van der Waals surface area (Å²) in [5.41, 5.74) is 3.45. The third-order valence-corrected chi connectivity index (χ3v) is 5.23. The van der Waals surface area contributed by atoms with Gasteiger partial charge in [-0.05, 0) is 24.1 Å². The van der Waals surface area contributed by atoms with Crippen LogP contribution in [0, 0.1) is 11.8 Å². The number of nitrogens with zero attached hydrogens (tertiary/aromatic N) is 2. The monoisotopic (exact) mass is 322 g/mol. The molecule has 1 fully saturated rings. The predicted octanol–water partition coefficient (Wildman–Crippen LogP) is 4.91. The summed E-state index contributed by atoms with van der Waals surface area (Å²) in [7, 11) is 2.19. The molecule has 0 aromatic heterocycles. The average molecular weight is 322 g/mol. The summed E-state index contributed by atoms with van der Waals surface area (Å²) in [6.45, 7) is 4.42. The summed E-state index contributed by atoms with van der Waals surface area (Å²) in [6.07, 6.45) is 0.767. The fourth-order valence-corrected chi connectivity index (χ4v) is 4.09. The van der Waals surface area contributed by atoms with Crippen LogP contribution in [0.2, 0.25) is 0 Å².